The van der Waals surface area contributed by atoms with Gasteiger partial charge >= 0.3 is 11.4 Å². The van der Waals surface area contributed by atoms with E-state index in [0.717, 1.165) is 37.3 Å². The molecule has 23 heteroatoms. The zero-order chi connectivity index (χ0) is 57.8. The number of likely N-dealkylation sites (N-methyl/N-ethyl adjacent to an activating group) is 2. The number of benzene rings is 4. The molecule has 2 saturated heterocycles. The van der Waals surface area contributed by atoms with Gasteiger partial charge in [0.1, 0.15) is 34.5 Å². The van der Waals surface area contributed by atoms with Crippen molar-refractivity contribution >= 4 is 75.0 Å². The number of anilines is 6. The number of nitrogens with one attached hydrogen (secondary N) is 2. The fraction of sp³-hybridized carbons (Fsp3) is 0.305. The molecule has 4 aromatic heterocycles. The summed E-state index contributed by atoms with van der Waals surface area (Å²) in [6.45, 7) is 9.31. The van der Waals surface area contributed by atoms with E-state index >= 15 is 4.79 Å². The van der Waals surface area contributed by atoms with E-state index in [0.29, 0.717) is 94.3 Å². The average molecular weight is 1150 g/mol. The summed E-state index contributed by atoms with van der Waals surface area (Å²) in [5, 5.41) is 43.2. The Hall–Kier alpha value is -8.63. The summed E-state index contributed by atoms with van der Waals surface area (Å²) in [5.41, 5.74) is 3.81. The first-order valence-electron chi connectivity index (χ1n) is 26.7. The summed E-state index contributed by atoms with van der Waals surface area (Å²) >= 11 is 14.5. The largest absolute Gasteiger partial charge is 0.497 e. The van der Waals surface area contributed by atoms with Crippen LogP contribution in [0.2, 0.25) is 10.0 Å². The SMILES string of the molecule is COc1ccc(Cn2nc(Nc3cc(N4CCN(C)CC4)ncc3C(C(=O)C(c3ccccc3Cl)c3cnc(N4CCN(C)CC4)cc3Nc3nn(Cc4ccc(OC)cc4)c(C)c3[N+](=O)[O-])c3ccccc3Cl)c([N+](=O)[O-])c2C)cc1. The number of rotatable bonds is 20. The maximum absolute atomic E-state index is 16.8. The van der Waals surface area contributed by atoms with Gasteiger partial charge in [0.2, 0.25) is 11.6 Å². The minimum atomic E-state index is -1.27. The van der Waals surface area contributed by atoms with Gasteiger partial charge < -0.3 is 39.7 Å². The monoisotopic (exact) mass is 1150 g/mol. The first-order valence-corrected chi connectivity index (χ1v) is 27.5. The predicted octanol–water partition coefficient (Wildman–Crippen LogP) is 10.2. The standard InChI is InChI=1S/C59H62Cl2N14O7/c1-37-55(74(77)78)58(66-72(37)35-39-15-19-41(81-5)20-16-39)64-49-31-51(70-27-23-68(3)24-28-70)62-33-45(49)53(43-11-7-9-13-47(43)60)57(76)54(44-12-8-10-14-48(44)61)46-34-63-52(71-29-25-69(4)26-30-71)32-50(46)65-59-56(75(79)80)38(2)73(67-59)36-40-17-21-42(82-6)22-18-40/h7-22,31-34,53-54H,23-30,35-36H2,1-6H3,(H,62,64,66)(H,63,65,67). The number of ketones is 1. The molecule has 424 valence electrons. The van der Waals surface area contributed by atoms with Crippen LogP contribution in [0.4, 0.5) is 46.0 Å². The Balaban J connectivity index is 1.15. The molecule has 2 fully saturated rings. The van der Waals surface area contributed by atoms with Gasteiger partial charge in [0.15, 0.2) is 5.78 Å². The molecule has 2 atom stereocenters. The van der Waals surface area contributed by atoms with Crippen LogP contribution < -0.4 is 29.9 Å². The van der Waals surface area contributed by atoms with Gasteiger partial charge in [0, 0.05) is 109 Å². The zero-order valence-corrected chi connectivity index (χ0v) is 47.8. The zero-order valence-electron chi connectivity index (χ0n) is 46.3. The number of carbonyl (C=O) groups is 1. The lowest BCUT2D eigenvalue weighted by atomic mass is 9.76. The van der Waals surface area contributed by atoms with Crippen molar-refractivity contribution in [2.45, 2.75) is 38.8 Å². The third kappa shape index (κ3) is 12.0. The number of hydrogen-bond acceptors (Lipinski definition) is 17. The molecule has 0 radical (unpaired) electrons. The van der Waals surface area contributed by atoms with Gasteiger partial charge in [-0.15, -0.1) is 10.2 Å². The number of Topliss-reactive ketones (excluding diaryl/α,β-unsaturated/α-hetero) is 1. The van der Waals surface area contributed by atoms with Gasteiger partial charge in [0.25, 0.3) is 0 Å². The number of nitrogens with zero attached hydrogens (tertiary/aromatic N) is 12. The molecule has 2 N–H and O–H groups in total. The minimum absolute atomic E-state index is 0.0562. The van der Waals surface area contributed by atoms with Crippen LogP contribution in [0.3, 0.4) is 0 Å². The van der Waals surface area contributed by atoms with Gasteiger partial charge in [-0.05, 0) is 86.6 Å². The molecule has 6 heterocycles. The molecule has 0 spiro atoms. The molecule has 21 nitrogen and oxygen atoms in total. The Morgan fingerprint density at radius 1 is 0.573 bits per heavy atom. The van der Waals surface area contributed by atoms with Gasteiger partial charge in [-0.3, -0.25) is 34.4 Å². The minimum Gasteiger partial charge on any atom is -0.497 e. The van der Waals surface area contributed by atoms with Crippen molar-refractivity contribution in [1.29, 1.82) is 0 Å². The lowest BCUT2D eigenvalue weighted by molar-refractivity contribution is -0.384. The highest BCUT2D eigenvalue weighted by atomic mass is 35.5. The first-order chi connectivity index (χ1) is 39.6. The molecule has 0 aliphatic carbocycles. The summed E-state index contributed by atoms with van der Waals surface area (Å²) < 4.78 is 13.9. The highest BCUT2D eigenvalue weighted by Crippen LogP contribution is 2.46. The van der Waals surface area contributed by atoms with E-state index in [4.69, 9.17) is 52.8 Å². The summed E-state index contributed by atoms with van der Waals surface area (Å²) in [7, 11) is 7.26. The van der Waals surface area contributed by atoms with E-state index in [9.17, 15) is 20.2 Å². The molecular formula is C59H62Cl2N14O7. The third-order valence-electron chi connectivity index (χ3n) is 15.3. The maximum Gasteiger partial charge on any atom is 0.334 e. The van der Waals surface area contributed by atoms with Crippen molar-refractivity contribution in [3.63, 3.8) is 0 Å². The molecule has 0 amide bonds. The van der Waals surface area contributed by atoms with E-state index in [1.165, 1.54) is 0 Å². The second-order valence-corrected chi connectivity index (χ2v) is 21.3. The fourth-order valence-corrected chi connectivity index (χ4v) is 11.1. The first kappa shape index (κ1) is 56.6. The quantitative estimate of drug-likeness (QED) is 0.0535. The number of nitro groups is 2. The van der Waals surface area contributed by atoms with Crippen molar-refractivity contribution in [1.82, 2.24) is 39.3 Å². The molecule has 4 aromatic carbocycles. The summed E-state index contributed by atoms with van der Waals surface area (Å²) in [5.74, 6) is -0.619. The Kier molecular flexibility index (Phi) is 17.0. The maximum atomic E-state index is 16.8. The normalized spacial score (nSPS) is 14.8. The van der Waals surface area contributed by atoms with E-state index in [2.05, 4.69) is 44.3 Å². The van der Waals surface area contributed by atoms with E-state index in [-0.39, 0.29) is 46.1 Å². The topological polar surface area (TPSA) is 220 Å². The third-order valence-corrected chi connectivity index (χ3v) is 16.0. The van der Waals surface area contributed by atoms with Crippen LogP contribution in [-0.4, -0.2) is 136 Å². The van der Waals surface area contributed by atoms with Crippen LogP contribution in [0, 0.1) is 34.1 Å². The molecule has 0 bridgehead atoms. The molecule has 82 heavy (non-hydrogen) atoms. The number of pyridine rings is 2. The van der Waals surface area contributed by atoms with Gasteiger partial charge in [-0.2, -0.15) is 0 Å². The highest BCUT2D eigenvalue weighted by molar-refractivity contribution is 6.32. The van der Waals surface area contributed by atoms with Crippen LogP contribution in [-0.2, 0) is 17.9 Å². The smallest absolute Gasteiger partial charge is 0.334 e. The van der Waals surface area contributed by atoms with Crippen LogP contribution in [0.15, 0.2) is 122 Å². The molecule has 0 saturated carbocycles. The Bertz CT molecular complexity index is 3400. The molecule has 8 aromatic rings. The Morgan fingerprint density at radius 3 is 1.28 bits per heavy atom. The molecular weight excluding hydrogens is 1090 g/mol. The number of ether oxygens (including phenoxy) is 2. The predicted molar refractivity (Wildman–Crippen MR) is 317 cm³/mol. The Morgan fingerprint density at radius 2 is 0.939 bits per heavy atom. The van der Waals surface area contributed by atoms with E-state index in [1.54, 1.807) is 110 Å². The van der Waals surface area contributed by atoms with Crippen LogP contribution in [0.25, 0.3) is 0 Å². The second kappa shape index (κ2) is 24.6. The highest BCUT2D eigenvalue weighted by Gasteiger charge is 2.39. The van der Waals surface area contributed by atoms with E-state index < -0.39 is 27.5 Å². The number of halogens is 2. The molecule has 2 aliphatic rings. The Labute approximate surface area is 484 Å². The van der Waals surface area contributed by atoms with Crippen molar-refractivity contribution in [3.05, 3.63) is 197 Å². The van der Waals surface area contributed by atoms with E-state index in [1.807, 2.05) is 48.5 Å². The number of carbonyl (C=O) groups excluding carboxylic acids is 1. The van der Waals surface area contributed by atoms with Crippen LogP contribution >= 0.6 is 23.2 Å². The number of aromatic nitrogens is 6. The van der Waals surface area contributed by atoms with Gasteiger partial charge in [-0.1, -0.05) is 83.9 Å². The summed E-state index contributed by atoms with van der Waals surface area (Å²) in [6, 6.07) is 32.3. The van der Waals surface area contributed by atoms with Crippen molar-refractivity contribution < 1.29 is 24.1 Å². The average Bonchev–Trinajstić information content (AvgIpc) is 4.13. The van der Waals surface area contributed by atoms with Crippen molar-refractivity contribution in [2.24, 2.45) is 0 Å². The fourth-order valence-electron chi connectivity index (χ4n) is 10.6. The number of methoxy groups -OCH3 is 2. The summed E-state index contributed by atoms with van der Waals surface area (Å²) in [6.07, 6.45) is 3.24. The van der Waals surface area contributed by atoms with Crippen LogP contribution in [0.5, 0.6) is 11.5 Å². The number of piperazine rings is 2. The lowest BCUT2D eigenvalue weighted by Gasteiger charge is -2.34. The molecule has 2 aliphatic heterocycles. The second-order valence-electron chi connectivity index (χ2n) is 20.5. The van der Waals surface area contributed by atoms with Crippen LogP contribution in [0.1, 0.15) is 56.6 Å². The van der Waals surface area contributed by atoms with Gasteiger partial charge in [0.05, 0.1) is 49.0 Å². The lowest BCUT2D eigenvalue weighted by Crippen LogP contribution is -2.44. The summed E-state index contributed by atoms with van der Waals surface area (Å²) in [4.78, 5) is 61.0. The molecule has 10 rings (SSSR count). The van der Waals surface area contributed by atoms with Crippen molar-refractivity contribution in [2.75, 3.05) is 101 Å². The number of hydrogen-bond donors (Lipinski definition) is 2. The van der Waals surface area contributed by atoms with Gasteiger partial charge in [-0.25, -0.2) is 9.97 Å². The van der Waals surface area contributed by atoms with Crippen molar-refractivity contribution in [3.8, 4) is 11.5 Å². The molecule has 2 unspecified atom stereocenters.